The molecule has 1 atom stereocenters. The third kappa shape index (κ3) is 5.05. The molecule has 10 heteroatoms. The quantitative estimate of drug-likeness (QED) is 0.569. The van der Waals surface area contributed by atoms with Gasteiger partial charge >= 0.3 is 11.3 Å². The van der Waals surface area contributed by atoms with Crippen LogP contribution in [0, 0.1) is 27.0 Å². The fourth-order valence-electron chi connectivity index (χ4n) is 2.14. The van der Waals surface area contributed by atoms with Crippen molar-refractivity contribution < 1.29 is 16.8 Å². The van der Waals surface area contributed by atoms with Crippen LogP contribution in [0.2, 0.25) is 0 Å². The van der Waals surface area contributed by atoms with Gasteiger partial charge in [-0.15, -0.1) is 4.83 Å². The fraction of sp³-hybridized carbons (Fsp3) is 0.176. The van der Waals surface area contributed by atoms with Gasteiger partial charge in [-0.25, -0.2) is 8.42 Å². The Bertz CT molecular complexity index is 1100. The zero-order valence-electron chi connectivity index (χ0n) is 14.7. The Morgan fingerprint density at radius 1 is 1.07 bits per heavy atom. The minimum Gasteiger partial charge on any atom is -0.388 e. The minimum absolute atomic E-state index is 0.00573. The Morgan fingerprint density at radius 2 is 1.70 bits per heavy atom. The van der Waals surface area contributed by atoms with Gasteiger partial charge in [-0.2, -0.15) is 4.21 Å². The first-order valence-corrected chi connectivity index (χ1v) is 10.4. The first-order valence-electron chi connectivity index (χ1n) is 7.47. The van der Waals surface area contributed by atoms with E-state index in [-0.39, 0.29) is 22.0 Å². The highest BCUT2D eigenvalue weighted by Crippen LogP contribution is 2.36. The van der Waals surface area contributed by atoms with Crippen LogP contribution in [0.25, 0.3) is 9.69 Å². The Morgan fingerprint density at radius 3 is 2.30 bits per heavy atom. The third-order valence-electron chi connectivity index (χ3n) is 3.50. The number of nitrogens with one attached hydrogen (secondary N) is 2. The van der Waals surface area contributed by atoms with Crippen molar-refractivity contribution in [2.45, 2.75) is 18.7 Å². The van der Waals surface area contributed by atoms with Gasteiger partial charge in [0.2, 0.25) is 0 Å². The summed E-state index contributed by atoms with van der Waals surface area (Å²) < 4.78 is 41.4. The van der Waals surface area contributed by atoms with E-state index >= 15 is 0 Å². The Balaban J connectivity index is 2.27. The summed E-state index contributed by atoms with van der Waals surface area (Å²) in [7, 11) is -3.70. The van der Waals surface area contributed by atoms with Crippen LogP contribution in [0.4, 0.5) is 17.1 Å². The molecule has 2 N–H and O–H groups in total. The van der Waals surface area contributed by atoms with E-state index in [2.05, 4.69) is 19.9 Å². The number of rotatable bonds is 6. The van der Waals surface area contributed by atoms with Crippen LogP contribution in [0.3, 0.4) is 0 Å². The highest BCUT2D eigenvalue weighted by molar-refractivity contribution is 7.90. The van der Waals surface area contributed by atoms with Crippen LogP contribution in [-0.4, -0.2) is 18.9 Å². The van der Waals surface area contributed by atoms with Gasteiger partial charge < -0.3 is 9.61 Å². The maximum absolute atomic E-state index is 12.1. The van der Waals surface area contributed by atoms with Crippen LogP contribution < -0.4 is 14.4 Å². The van der Waals surface area contributed by atoms with Crippen LogP contribution in [0.1, 0.15) is 11.1 Å². The summed E-state index contributed by atoms with van der Waals surface area (Å²) in [5.74, 6) is 0.413. The standard InChI is InChI=1S/C17H16N4O4S2/c1-11-6-7-12(2)16(8-11)25-26(22)21-20-15-9-13(18-3)14(19-4)10-17(15)27(5,23)24/h6-10,20-21H,1-2,5H3. The molecule has 0 aliphatic heterocycles. The molecule has 0 aromatic heterocycles. The van der Waals surface area contributed by atoms with Crippen molar-refractivity contribution in [1.29, 1.82) is 0 Å². The van der Waals surface area contributed by atoms with Crippen molar-refractivity contribution in [3.63, 3.8) is 0 Å². The van der Waals surface area contributed by atoms with E-state index in [1.165, 1.54) is 6.07 Å². The summed E-state index contributed by atoms with van der Waals surface area (Å²) >= 11 is -2.03. The summed E-state index contributed by atoms with van der Waals surface area (Å²) in [5.41, 5.74) is 4.10. The number of hydrazine groups is 1. The summed E-state index contributed by atoms with van der Waals surface area (Å²) in [5, 5.41) is 0. The summed E-state index contributed by atoms with van der Waals surface area (Å²) in [6, 6.07) is 7.74. The molecule has 2 rings (SSSR count). The molecule has 0 amide bonds. The lowest BCUT2D eigenvalue weighted by Crippen LogP contribution is -2.28. The summed E-state index contributed by atoms with van der Waals surface area (Å²) in [6.07, 6.45) is 0.975. The molecule has 140 valence electrons. The molecule has 0 saturated carbocycles. The molecule has 1 unspecified atom stereocenters. The number of nitrogens with zero attached hydrogens (tertiary/aromatic N) is 2. The largest absolute Gasteiger partial charge is 0.388 e. The number of sulfone groups is 1. The van der Waals surface area contributed by atoms with E-state index < -0.39 is 21.1 Å². The highest BCUT2D eigenvalue weighted by Gasteiger charge is 2.18. The van der Waals surface area contributed by atoms with Gasteiger partial charge in [-0.3, -0.25) is 9.69 Å². The van der Waals surface area contributed by atoms with E-state index in [1.807, 2.05) is 19.1 Å². The van der Waals surface area contributed by atoms with Gasteiger partial charge in [0.05, 0.1) is 23.7 Å². The fourth-order valence-corrected chi connectivity index (χ4v) is 3.55. The first-order chi connectivity index (χ1) is 12.7. The van der Waals surface area contributed by atoms with E-state index in [4.69, 9.17) is 17.3 Å². The van der Waals surface area contributed by atoms with Gasteiger partial charge in [0.15, 0.2) is 21.2 Å². The molecule has 0 heterocycles. The maximum Gasteiger partial charge on any atom is 0.306 e. The zero-order valence-corrected chi connectivity index (χ0v) is 16.4. The molecule has 27 heavy (non-hydrogen) atoms. The number of anilines is 1. The van der Waals surface area contributed by atoms with Crippen molar-refractivity contribution in [2.75, 3.05) is 11.7 Å². The lowest BCUT2D eigenvalue weighted by molar-refractivity contribution is 0.550. The Hall–Kier alpha value is -2.92. The SMILES string of the molecule is [C-]#[N+]c1cc(NNS(=O)Oc2cc(C)ccc2C)c(S(C)(=O)=O)cc1[N+]#[C-]. The molecule has 0 spiro atoms. The molecule has 2 aromatic carbocycles. The van der Waals surface area contributed by atoms with Crippen LogP contribution in [0.15, 0.2) is 35.2 Å². The lowest BCUT2D eigenvalue weighted by Gasteiger charge is -2.14. The van der Waals surface area contributed by atoms with Crippen LogP contribution in [-0.2, 0) is 21.1 Å². The lowest BCUT2D eigenvalue weighted by atomic mass is 10.1. The average molecular weight is 404 g/mol. The average Bonchev–Trinajstić information content (AvgIpc) is 2.61. The van der Waals surface area contributed by atoms with Crippen LogP contribution in [0.5, 0.6) is 5.75 Å². The molecule has 0 fully saturated rings. The van der Waals surface area contributed by atoms with Gasteiger partial charge in [0.25, 0.3) is 0 Å². The molecular formula is C17H16N4O4S2. The monoisotopic (exact) mass is 404 g/mol. The molecule has 0 radical (unpaired) electrons. The smallest absolute Gasteiger partial charge is 0.306 e. The van der Waals surface area contributed by atoms with Crippen molar-refractivity contribution in [1.82, 2.24) is 4.83 Å². The molecule has 0 bridgehead atoms. The van der Waals surface area contributed by atoms with Gasteiger partial charge in [0, 0.05) is 6.26 Å². The first kappa shape index (κ1) is 20.4. The molecule has 0 aliphatic carbocycles. The number of aryl methyl sites for hydroxylation is 2. The molecule has 8 nitrogen and oxygen atoms in total. The Labute approximate surface area is 160 Å². The molecule has 0 aliphatic rings. The van der Waals surface area contributed by atoms with E-state index in [1.54, 1.807) is 13.0 Å². The molecule has 0 saturated heterocycles. The van der Waals surface area contributed by atoms with Gasteiger partial charge in [-0.05, 0) is 43.2 Å². The second kappa shape index (κ2) is 8.18. The normalized spacial score (nSPS) is 11.9. The maximum atomic E-state index is 12.1. The van der Waals surface area contributed by atoms with Crippen LogP contribution >= 0.6 is 0 Å². The van der Waals surface area contributed by atoms with Gasteiger partial charge in [0.1, 0.15) is 5.75 Å². The van der Waals surface area contributed by atoms with Crippen molar-refractivity contribution in [2.24, 2.45) is 0 Å². The molecular weight excluding hydrogens is 388 g/mol. The summed E-state index contributed by atoms with van der Waals surface area (Å²) in [6.45, 7) is 17.9. The highest BCUT2D eigenvalue weighted by atomic mass is 32.2. The van der Waals surface area contributed by atoms with E-state index in [0.717, 1.165) is 23.4 Å². The van der Waals surface area contributed by atoms with Crippen molar-refractivity contribution in [3.8, 4) is 5.75 Å². The number of benzene rings is 2. The van der Waals surface area contributed by atoms with Crippen molar-refractivity contribution in [3.05, 3.63) is 64.3 Å². The minimum atomic E-state index is -3.70. The second-order valence-electron chi connectivity index (χ2n) is 5.65. The van der Waals surface area contributed by atoms with E-state index in [9.17, 15) is 12.6 Å². The molecule has 2 aromatic rings. The second-order valence-corrected chi connectivity index (χ2v) is 8.47. The van der Waals surface area contributed by atoms with E-state index in [0.29, 0.717) is 5.75 Å². The summed E-state index contributed by atoms with van der Waals surface area (Å²) in [4.78, 5) is 8.53. The third-order valence-corrected chi connectivity index (χ3v) is 5.23. The topological polar surface area (TPSA) is 93.2 Å². The predicted octanol–water partition coefficient (Wildman–Crippen LogP) is 3.38. The zero-order chi connectivity index (χ0) is 20.2. The predicted molar refractivity (Wildman–Crippen MR) is 104 cm³/mol. The Kier molecular flexibility index (Phi) is 6.18. The number of hydrogen-bond donors (Lipinski definition) is 2. The van der Waals surface area contributed by atoms with Gasteiger partial charge in [-0.1, -0.05) is 12.1 Å². The number of hydrogen-bond acceptors (Lipinski definition) is 5. The van der Waals surface area contributed by atoms with Crippen molar-refractivity contribution >= 4 is 38.2 Å².